The summed E-state index contributed by atoms with van der Waals surface area (Å²) in [4.78, 5) is 4.31. The molecule has 1 atom stereocenters. The number of nitrogens with zero attached hydrogens (tertiary/aromatic N) is 2. The van der Waals surface area contributed by atoms with Crippen molar-refractivity contribution in [1.29, 1.82) is 5.26 Å². The number of hydrogen-bond acceptors (Lipinski definition) is 4. The van der Waals surface area contributed by atoms with Crippen LogP contribution in [0, 0.1) is 18.3 Å². The van der Waals surface area contributed by atoms with E-state index in [1.807, 2.05) is 49.4 Å². The summed E-state index contributed by atoms with van der Waals surface area (Å²) in [7, 11) is 0. The van der Waals surface area contributed by atoms with E-state index in [9.17, 15) is 5.26 Å². The Labute approximate surface area is 148 Å². The first-order valence-corrected chi connectivity index (χ1v) is 8.48. The molecule has 25 heavy (non-hydrogen) atoms. The molecule has 0 radical (unpaired) electrons. The SMILES string of the molecule is CC[C@@H](CNc1oc(-c2ccc(C)cc2)nc1C#N)c1ccccc1. The number of nitriles is 1. The molecule has 0 aliphatic carbocycles. The second-order valence-corrected chi connectivity index (χ2v) is 6.07. The van der Waals surface area contributed by atoms with E-state index in [0.717, 1.165) is 12.0 Å². The highest BCUT2D eigenvalue weighted by molar-refractivity contribution is 5.59. The van der Waals surface area contributed by atoms with Gasteiger partial charge in [-0.05, 0) is 31.0 Å². The van der Waals surface area contributed by atoms with Crippen molar-refractivity contribution in [3.8, 4) is 17.5 Å². The van der Waals surface area contributed by atoms with Gasteiger partial charge in [0.1, 0.15) is 6.07 Å². The zero-order valence-electron chi connectivity index (χ0n) is 14.5. The lowest BCUT2D eigenvalue weighted by Crippen LogP contribution is -2.12. The zero-order chi connectivity index (χ0) is 17.6. The molecule has 4 heteroatoms. The van der Waals surface area contributed by atoms with Crippen molar-refractivity contribution in [2.24, 2.45) is 0 Å². The van der Waals surface area contributed by atoms with Crippen LogP contribution in [0.5, 0.6) is 0 Å². The predicted molar refractivity (Wildman–Crippen MR) is 99.4 cm³/mol. The van der Waals surface area contributed by atoms with Gasteiger partial charge in [-0.3, -0.25) is 0 Å². The van der Waals surface area contributed by atoms with Gasteiger partial charge in [0.15, 0.2) is 0 Å². The molecule has 1 aromatic heterocycles. The lowest BCUT2D eigenvalue weighted by Gasteiger charge is -2.15. The van der Waals surface area contributed by atoms with Crippen molar-refractivity contribution >= 4 is 5.88 Å². The summed E-state index contributed by atoms with van der Waals surface area (Å²) < 4.78 is 5.82. The standard InChI is InChI=1S/C21H21N3O/c1-3-16(17-7-5-4-6-8-17)14-23-21-19(13-22)24-20(25-21)18-11-9-15(2)10-12-18/h4-12,16,23H,3,14H2,1-2H3/t16-/m0/s1. The second kappa shape index (κ2) is 7.67. The van der Waals surface area contributed by atoms with Gasteiger partial charge in [0, 0.05) is 18.0 Å². The fraction of sp³-hybridized carbons (Fsp3) is 0.238. The average molecular weight is 331 g/mol. The molecule has 0 unspecified atom stereocenters. The van der Waals surface area contributed by atoms with E-state index in [4.69, 9.17) is 4.42 Å². The number of anilines is 1. The second-order valence-electron chi connectivity index (χ2n) is 6.07. The molecular formula is C21H21N3O. The van der Waals surface area contributed by atoms with Crippen molar-refractivity contribution in [3.63, 3.8) is 0 Å². The number of benzene rings is 2. The molecule has 0 amide bonds. The average Bonchev–Trinajstić information content (AvgIpc) is 3.07. The van der Waals surface area contributed by atoms with Gasteiger partial charge in [-0.15, -0.1) is 0 Å². The quantitative estimate of drug-likeness (QED) is 0.680. The van der Waals surface area contributed by atoms with Crippen LogP contribution < -0.4 is 5.32 Å². The van der Waals surface area contributed by atoms with Crippen LogP contribution in [0.2, 0.25) is 0 Å². The molecule has 1 N–H and O–H groups in total. The lowest BCUT2D eigenvalue weighted by molar-refractivity contribution is 0.577. The van der Waals surface area contributed by atoms with E-state index in [0.29, 0.717) is 29.9 Å². The first kappa shape index (κ1) is 16.8. The van der Waals surface area contributed by atoms with Gasteiger partial charge in [0.05, 0.1) is 0 Å². The molecule has 0 aliphatic heterocycles. The van der Waals surface area contributed by atoms with E-state index in [1.54, 1.807) is 0 Å². The largest absolute Gasteiger partial charge is 0.419 e. The van der Waals surface area contributed by atoms with Crippen LogP contribution >= 0.6 is 0 Å². The third-order valence-electron chi connectivity index (χ3n) is 4.30. The summed E-state index contributed by atoms with van der Waals surface area (Å²) >= 11 is 0. The molecule has 0 saturated heterocycles. The van der Waals surface area contributed by atoms with Crippen molar-refractivity contribution < 1.29 is 4.42 Å². The van der Waals surface area contributed by atoms with Crippen LogP contribution in [0.25, 0.3) is 11.5 Å². The smallest absolute Gasteiger partial charge is 0.232 e. The Morgan fingerprint density at radius 1 is 1.12 bits per heavy atom. The van der Waals surface area contributed by atoms with Gasteiger partial charge in [-0.25, -0.2) is 0 Å². The van der Waals surface area contributed by atoms with E-state index >= 15 is 0 Å². The molecule has 0 bridgehead atoms. The number of aromatic nitrogens is 1. The highest BCUT2D eigenvalue weighted by Gasteiger charge is 2.16. The Kier molecular flexibility index (Phi) is 5.15. The van der Waals surface area contributed by atoms with Crippen molar-refractivity contribution in [1.82, 2.24) is 4.98 Å². The molecule has 3 aromatic rings. The number of aryl methyl sites for hydroxylation is 1. The van der Waals surface area contributed by atoms with Crippen molar-refractivity contribution in [2.45, 2.75) is 26.2 Å². The maximum Gasteiger partial charge on any atom is 0.232 e. The Balaban J connectivity index is 1.78. The summed E-state index contributed by atoms with van der Waals surface area (Å²) in [6.45, 7) is 4.88. The van der Waals surface area contributed by atoms with Gasteiger partial charge in [0.2, 0.25) is 17.5 Å². The van der Waals surface area contributed by atoms with E-state index in [1.165, 1.54) is 11.1 Å². The van der Waals surface area contributed by atoms with E-state index < -0.39 is 0 Å². The first-order chi connectivity index (χ1) is 12.2. The molecule has 0 spiro atoms. The summed E-state index contributed by atoms with van der Waals surface area (Å²) in [6.07, 6.45) is 0.998. The summed E-state index contributed by atoms with van der Waals surface area (Å²) in [5.41, 5.74) is 3.60. The first-order valence-electron chi connectivity index (χ1n) is 8.48. The Bertz CT molecular complexity index is 860. The monoisotopic (exact) mass is 331 g/mol. The van der Waals surface area contributed by atoms with Crippen LogP contribution in [0.4, 0.5) is 5.88 Å². The van der Waals surface area contributed by atoms with Crippen LogP contribution in [0.15, 0.2) is 59.0 Å². The van der Waals surface area contributed by atoms with Crippen molar-refractivity contribution in [3.05, 3.63) is 71.4 Å². The summed E-state index contributed by atoms with van der Waals surface area (Å²) in [5, 5.41) is 12.6. The maximum atomic E-state index is 9.35. The minimum absolute atomic E-state index is 0.290. The zero-order valence-corrected chi connectivity index (χ0v) is 14.5. The van der Waals surface area contributed by atoms with Crippen LogP contribution in [-0.2, 0) is 0 Å². The third kappa shape index (κ3) is 3.89. The molecule has 0 aliphatic rings. The fourth-order valence-corrected chi connectivity index (χ4v) is 2.77. The molecule has 4 nitrogen and oxygen atoms in total. The number of rotatable bonds is 6. The van der Waals surface area contributed by atoms with Crippen LogP contribution in [0.1, 0.15) is 36.1 Å². The predicted octanol–water partition coefficient (Wildman–Crippen LogP) is 5.13. The molecule has 3 rings (SSSR count). The highest BCUT2D eigenvalue weighted by atomic mass is 16.4. The lowest BCUT2D eigenvalue weighted by atomic mass is 9.96. The number of oxazole rings is 1. The van der Waals surface area contributed by atoms with Crippen LogP contribution in [-0.4, -0.2) is 11.5 Å². The molecule has 0 fully saturated rings. The van der Waals surface area contributed by atoms with Crippen molar-refractivity contribution in [2.75, 3.05) is 11.9 Å². The number of hydrogen-bond donors (Lipinski definition) is 1. The summed E-state index contributed by atoms with van der Waals surface area (Å²) in [6, 6.07) is 20.4. The van der Waals surface area contributed by atoms with Gasteiger partial charge in [-0.2, -0.15) is 10.2 Å². The Morgan fingerprint density at radius 3 is 2.48 bits per heavy atom. The molecule has 2 aromatic carbocycles. The highest BCUT2D eigenvalue weighted by Crippen LogP contribution is 2.27. The van der Waals surface area contributed by atoms with E-state index in [2.05, 4.69) is 35.4 Å². The Hall–Kier alpha value is -3.06. The molecule has 1 heterocycles. The van der Waals surface area contributed by atoms with Gasteiger partial charge >= 0.3 is 0 Å². The van der Waals surface area contributed by atoms with E-state index in [-0.39, 0.29) is 0 Å². The van der Waals surface area contributed by atoms with Gasteiger partial charge in [-0.1, -0.05) is 55.0 Å². The van der Waals surface area contributed by atoms with Gasteiger partial charge in [0.25, 0.3) is 0 Å². The minimum atomic E-state index is 0.290. The third-order valence-corrected chi connectivity index (χ3v) is 4.30. The topological polar surface area (TPSA) is 61.9 Å². The summed E-state index contributed by atoms with van der Waals surface area (Å²) in [5.74, 6) is 1.25. The fourth-order valence-electron chi connectivity index (χ4n) is 2.77. The molecular weight excluding hydrogens is 310 g/mol. The maximum absolute atomic E-state index is 9.35. The number of nitrogens with one attached hydrogen (secondary N) is 1. The normalized spacial score (nSPS) is 11.7. The molecule has 0 saturated carbocycles. The molecule has 126 valence electrons. The van der Waals surface area contributed by atoms with Crippen LogP contribution in [0.3, 0.4) is 0 Å². The van der Waals surface area contributed by atoms with Gasteiger partial charge < -0.3 is 9.73 Å². The minimum Gasteiger partial charge on any atom is -0.419 e. The Morgan fingerprint density at radius 2 is 1.84 bits per heavy atom.